The van der Waals surface area contributed by atoms with Crippen molar-refractivity contribution in [2.75, 3.05) is 5.73 Å². The number of rotatable bonds is 3. The van der Waals surface area contributed by atoms with E-state index in [1.807, 2.05) is 20.8 Å². The van der Waals surface area contributed by atoms with Crippen molar-refractivity contribution in [3.05, 3.63) is 29.3 Å². The van der Waals surface area contributed by atoms with Gasteiger partial charge in [-0.3, -0.25) is 0 Å². The van der Waals surface area contributed by atoms with Crippen LogP contribution in [0.25, 0.3) is 11.3 Å². The van der Waals surface area contributed by atoms with Crippen molar-refractivity contribution in [1.82, 2.24) is 4.98 Å². The normalized spacial score (nSPS) is 11.9. The first-order valence-corrected chi connectivity index (χ1v) is 6.91. The number of alkyl halides is 2. The van der Waals surface area contributed by atoms with Gasteiger partial charge in [0.15, 0.2) is 0 Å². The Hall–Kier alpha value is -1.69. The molecule has 1 aromatic carbocycles. The summed E-state index contributed by atoms with van der Waals surface area (Å²) in [5.41, 5.74) is 6.82. The molecule has 0 unspecified atom stereocenters. The summed E-state index contributed by atoms with van der Waals surface area (Å²) >= 11 is 1.37. The monoisotopic (exact) mass is 298 g/mol. The first-order chi connectivity index (χ1) is 9.29. The average Bonchev–Trinajstić information content (AvgIpc) is 2.71. The lowest BCUT2D eigenvalue weighted by molar-refractivity contribution is -0.0494. The van der Waals surface area contributed by atoms with E-state index in [1.54, 1.807) is 18.2 Å². The number of nitrogen functional groups attached to an aromatic ring is 1. The summed E-state index contributed by atoms with van der Waals surface area (Å²) in [6.45, 7) is 3.20. The van der Waals surface area contributed by atoms with Gasteiger partial charge in [-0.15, -0.1) is 11.3 Å². The van der Waals surface area contributed by atoms with E-state index in [-0.39, 0.29) is 11.2 Å². The van der Waals surface area contributed by atoms with Crippen molar-refractivity contribution < 1.29 is 13.5 Å². The number of anilines is 1. The zero-order chi connectivity index (χ0) is 14.9. The average molecular weight is 298 g/mol. The Morgan fingerprint density at radius 1 is 1.25 bits per heavy atom. The van der Waals surface area contributed by atoms with E-state index >= 15 is 0 Å². The number of hydrogen-bond donors (Lipinski definition) is 1. The van der Waals surface area contributed by atoms with Crippen LogP contribution < -0.4 is 10.5 Å². The topological polar surface area (TPSA) is 48.1 Å². The van der Waals surface area contributed by atoms with Gasteiger partial charge in [-0.1, -0.05) is 32.9 Å². The molecule has 0 aliphatic heterocycles. The fraction of sp³-hybridized carbons (Fsp3) is 0.357. The van der Waals surface area contributed by atoms with Gasteiger partial charge in [-0.2, -0.15) is 8.78 Å². The number of thiazole rings is 1. The Morgan fingerprint density at radius 2 is 1.90 bits per heavy atom. The summed E-state index contributed by atoms with van der Waals surface area (Å²) in [7, 11) is 0. The zero-order valence-corrected chi connectivity index (χ0v) is 12.3. The molecule has 0 saturated carbocycles. The molecule has 1 heterocycles. The third kappa shape index (κ3) is 3.07. The highest BCUT2D eigenvalue weighted by atomic mass is 32.1. The van der Waals surface area contributed by atoms with Crippen LogP contribution in [-0.4, -0.2) is 11.6 Å². The number of ether oxygens (including phenoxy) is 1. The molecule has 2 N–H and O–H groups in total. The van der Waals surface area contributed by atoms with Crippen LogP contribution in [0.4, 0.5) is 13.8 Å². The van der Waals surface area contributed by atoms with Gasteiger partial charge in [-0.25, -0.2) is 4.98 Å². The second-order valence-electron chi connectivity index (χ2n) is 5.36. The molecule has 3 nitrogen and oxygen atoms in total. The lowest BCUT2D eigenvalue weighted by Crippen LogP contribution is -2.10. The standard InChI is InChI=1S/C14H16F2N2OS/c1-14(2,3)12-18-10(11(17)20-12)8-6-4-5-7-9(8)19-13(15)16/h4-7,13H,17H2,1-3H3. The third-order valence-electron chi connectivity index (χ3n) is 2.65. The predicted molar refractivity (Wildman–Crippen MR) is 77.3 cm³/mol. The number of para-hydroxylation sites is 1. The number of aromatic nitrogens is 1. The SMILES string of the molecule is CC(C)(C)c1nc(-c2ccccc2OC(F)F)c(N)s1. The minimum atomic E-state index is -2.88. The van der Waals surface area contributed by atoms with Crippen molar-refractivity contribution in [2.45, 2.75) is 32.8 Å². The molecule has 0 amide bonds. The zero-order valence-electron chi connectivity index (χ0n) is 11.5. The maximum atomic E-state index is 12.4. The van der Waals surface area contributed by atoms with Crippen LogP contribution in [0.3, 0.4) is 0 Å². The molecule has 2 rings (SSSR count). The van der Waals surface area contributed by atoms with Gasteiger partial charge in [-0.05, 0) is 12.1 Å². The maximum absolute atomic E-state index is 12.4. The summed E-state index contributed by atoms with van der Waals surface area (Å²) in [5.74, 6) is 0.0833. The van der Waals surface area contributed by atoms with E-state index in [4.69, 9.17) is 5.73 Å². The number of nitrogens with two attached hydrogens (primary N) is 1. The molecule has 1 aromatic heterocycles. The molecule has 6 heteroatoms. The Bertz CT molecular complexity index is 605. The van der Waals surface area contributed by atoms with Gasteiger partial charge < -0.3 is 10.5 Å². The molecular weight excluding hydrogens is 282 g/mol. The van der Waals surface area contributed by atoms with Gasteiger partial charge in [0, 0.05) is 11.0 Å². The summed E-state index contributed by atoms with van der Waals surface area (Å²) in [5, 5.41) is 1.36. The Kier molecular flexibility index (Phi) is 3.94. The number of nitrogens with zero attached hydrogens (tertiary/aromatic N) is 1. The molecule has 0 radical (unpaired) electrons. The Balaban J connectivity index is 2.49. The summed E-state index contributed by atoms with van der Waals surface area (Å²) in [4.78, 5) is 4.49. The van der Waals surface area contributed by atoms with E-state index in [2.05, 4.69) is 9.72 Å². The highest BCUT2D eigenvalue weighted by molar-refractivity contribution is 7.16. The minimum absolute atomic E-state index is 0.0833. The van der Waals surface area contributed by atoms with Crippen molar-refractivity contribution in [3.63, 3.8) is 0 Å². The van der Waals surface area contributed by atoms with E-state index in [1.165, 1.54) is 17.4 Å². The molecule has 0 aliphatic carbocycles. The van der Waals surface area contributed by atoms with Gasteiger partial charge >= 0.3 is 6.61 Å². The summed E-state index contributed by atoms with van der Waals surface area (Å²) in [6.07, 6.45) is 0. The minimum Gasteiger partial charge on any atom is -0.434 e. The number of hydrogen-bond acceptors (Lipinski definition) is 4. The van der Waals surface area contributed by atoms with Gasteiger partial charge in [0.1, 0.15) is 21.5 Å². The van der Waals surface area contributed by atoms with E-state index in [0.717, 1.165) is 5.01 Å². The maximum Gasteiger partial charge on any atom is 0.387 e. The van der Waals surface area contributed by atoms with Crippen molar-refractivity contribution in [1.29, 1.82) is 0 Å². The first-order valence-electron chi connectivity index (χ1n) is 6.10. The second kappa shape index (κ2) is 5.36. The number of halogens is 2. The lowest BCUT2D eigenvalue weighted by Gasteiger charge is -2.13. The first kappa shape index (κ1) is 14.7. The van der Waals surface area contributed by atoms with Crippen LogP contribution in [0.2, 0.25) is 0 Å². The molecule has 0 fully saturated rings. The van der Waals surface area contributed by atoms with Gasteiger partial charge in [0.05, 0.1) is 0 Å². The molecule has 0 aliphatic rings. The Labute approximate surface area is 120 Å². The highest BCUT2D eigenvalue weighted by Crippen LogP contribution is 2.39. The molecule has 0 spiro atoms. The largest absolute Gasteiger partial charge is 0.434 e. The van der Waals surface area contributed by atoms with Crippen molar-refractivity contribution >= 4 is 16.3 Å². The highest BCUT2D eigenvalue weighted by Gasteiger charge is 2.23. The van der Waals surface area contributed by atoms with Crippen molar-refractivity contribution in [2.24, 2.45) is 0 Å². The molecule has 20 heavy (non-hydrogen) atoms. The predicted octanol–water partition coefficient (Wildman–Crippen LogP) is 4.29. The van der Waals surface area contributed by atoms with Crippen LogP contribution in [0, 0.1) is 0 Å². The smallest absolute Gasteiger partial charge is 0.387 e. The lowest BCUT2D eigenvalue weighted by atomic mass is 9.98. The molecule has 2 aromatic rings. The molecule has 0 saturated heterocycles. The quantitative estimate of drug-likeness (QED) is 0.919. The molecule has 0 atom stereocenters. The van der Waals surface area contributed by atoms with Crippen LogP contribution in [-0.2, 0) is 5.41 Å². The van der Waals surface area contributed by atoms with E-state index < -0.39 is 6.61 Å². The van der Waals surface area contributed by atoms with Crippen LogP contribution in [0.1, 0.15) is 25.8 Å². The fourth-order valence-corrected chi connectivity index (χ4v) is 2.61. The second-order valence-corrected chi connectivity index (χ2v) is 6.39. The van der Waals surface area contributed by atoms with Crippen LogP contribution in [0.5, 0.6) is 5.75 Å². The molecule has 108 valence electrons. The summed E-state index contributed by atoms with van der Waals surface area (Å²) < 4.78 is 29.4. The van der Waals surface area contributed by atoms with E-state index in [0.29, 0.717) is 16.3 Å². The van der Waals surface area contributed by atoms with Crippen LogP contribution >= 0.6 is 11.3 Å². The summed E-state index contributed by atoms with van der Waals surface area (Å²) in [6, 6.07) is 6.53. The van der Waals surface area contributed by atoms with E-state index in [9.17, 15) is 8.78 Å². The number of benzene rings is 1. The van der Waals surface area contributed by atoms with Crippen molar-refractivity contribution in [3.8, 4) is 17.0 Å². The Morgan fingerprint density at radius 3 is 2.45 bits per heavy atom. The fourth-order valence-electron chi connectivity index (χ4n) is 1.71. The van der Waals surface area contributed by atoms with Crippen LogP contribution in [0.15, 0.2) is 24.3 Å². The molecule has 0 bridgehead atoms. The van der Waals surface area contributed by atoms with Gasteiger partial charge in [0.2, 0.25) is 0 Å². The molecular formula is C14H16F2N2OS. The third-order valence-corrected chi connectivity index (χ3v) is 3.96. The van der Waals surface area contributed by atoms with Gasteiger partial charge in [0.25, 0.3) is 0 Å².